The van der Waals surface area contributed by atoms with E-state index in [1.165, 1.54) is 25.7 Å². The fourth-order valence-electron chi connectivity index (χ4n) is 2.70. The smallest absolute Gasteiger partial charge is 0.144 e. The third-order valence-electron chi connectivity index (χ3n) is 3.97. The molecule has 0 aliphatic heterocycles. The molecule has 104 valence electrons. The normalized spacial score (nSPS) is 18.9. The molecule has 1 aromatic carbocycles. The van der Waals surface area contributed by atoms with E-state index in [-0.39, 0.29) is 6.10 Å². The maximum atomic E-state index is 5.96. The van der Waals surface area contributed by atoms with Crippen molar-refractivity contribution in [3.05, 3.63) is 18.2 Å². The summed E-state index contributed by atoms with van der Waals surface area (Å²) in [7, 11) is 0. The van der Waals surface area contributed by atoms with Crippen molar-refractivity contribution in [2.45, 2.75) is 51.7 Å². The molecule has 0 heterocycles. The summed E-state index contributed by atoms with van der Waals surface area (Å²) in [5.74, 6) is 2.57. The highest BCUT2D eigenvalue weighted by Gasteiger charge is 2.41. The van der Waals surface area contributed by atoms with Gasteiger partial charge in [-0.1, -0.05) is 0 Å². The number of nitrogens with one attached hydrogen (secondary N) is 1. The lowest BCUT2D eigenvalue weighted by molar-refractivity contribution is 0.244. The van der Waals surface area contributed by atoms with Gasteiger partial charge >= 0.3 is 0 Å². The van der Waals surface area contributed by atoms with E-state index in [0.717, 1.165) is 23.3 Å². The molecule has 0 bridgehead atoms. The van der Waals surface area contributed by atoms with Crippen molar-refractivity contribution in [1.29, 1.82) is 0 Å². The number of anilines is 2. The van der Waals surface area contributed by atoms with Gasteiger partial charge in [-0.05, 0) is 63.5 Å². The van der Waals surface area contributed by atoms with Crippen LogP contribution in [-0.2, 0) is 0 Å². The van der Waals surface area contributed by atoms with Gasteiger partial charge in [-0.3, -0.25) is 0 Å². The van der Waals surface area contributed by atoms with Crippen LogP contribution in [0.4, 0.5) is 11.4 Å². The van der Waals surface area contributed by atoms with E-state index in [1.807, 2.05) is 26.0 Å². The van der Waals surface area contributed by atoms with Gasteiger partial charge in [0.25, 0.3) is 0 Å². The zero-order valence-corrected chi connectivity index (χ0v) is 11.9. The SMILES string of the molecule is CC(C)Oc1cc(NC(C2CC2)C2CC2)ccc1N. The van der Waals surface area contributed by atoms with Crippen molar-refractivity contribution < 1.29 is 4.74 Å². The van der Waals surface area contributed by atoms with E-state index in [2.05, 4.69) is 11.4 Å². The van der Waals surface area contributed by atoms with Crippen molar-refractivity contribution >= 4 is 11.4 Å². The molecule has 2 fully saturated rings. The molecule has 0 aromatic heterocycles. The van der Waals surface area contributed by atoms with Crippen molar-refractivity contribution in [2.24, 2.45) is 11.8 Å². The molecule has 0 amide bonds. The number of benzene rings is 1. The zero-order valence-electron chi connectivity index (χ0n) is 11.9. The fraction of sp³-hybridized carbons (Fsp3) is 0.625. The zero-order chi connectivity index (χ0) is 13.4. The van der Waals surface area contributed by atoms with Gasteiger partial charge < -0.3 is 15.8 Å². The number of hydrogen-bond donors (Lipinski definition) is 2. The van der Waals surface area contributed by atoms with Gasteiger partial charge in [0.05, 0.1) is 11.8 Å². The molecular weight excluding hydrogens is 236 g/mol. The average Bonchev–Trinajstić information content (AvgIpc) is 3.23. The molecule has 2 saturated carbocycles. The van der Waals surface area contributed by atoms with Crippen LogP contribution in [0.5, 0.6) is 5.75 Å². The monoisotopic (exact) mass is 260 g/mol. The minimum Gasteiger partial charge on any atom is -0.489 e. The maximum absolute atomic E-state index is 5.96. The van der Waals surface area contributed by atoms with Gasteiger partial charge in [-0.2, -0.15) is 0 Å². The molecule has 1 aromatic rings. The van der Waals surface area contributed by atoms with E-state index in [0.29, 0.717) is 11.7 Å². The molecule has 19 heavy (non-hydrogen) atoms. The van der Waals surface area contributed by atoms with Crippen molar-refractivity contribution in [2.75, 3.05) is 11.1 Å². The van der Waals surface area contributed by atoms with E-state index in [9.17, 15) is 0 Å². The second-order valence-electron chi connectivity index (χ2n) is 6.26. The Hall–Kier alpha value is -1.38. The molecular formula is C16H24N2O. The topological polar surface area (TPSA) is 47.3 Å². The first-order valence-corrected chi connectivity index (χ1v) is 7.46. The van der Waals surface area contributed by atoms with Crippen LogP contribution >= 0.6 is 0 Å². The first kappa shape index (κ1) is 12.6. The Labute approximate surface area is 115 Å². The summed E-state index contributed by atoms with van der Waals surface area (Å²) in [5.41, 5.74) is 7.82. The lowest BCUT2D eigenvalue weighted by Crippen LogP contribution is -2.24. The lowest BCUT2D eigenvalue weighted by Gasteiger charge is -2.20. The Balaban J connectivity index is 1.72. The molecule has 2 aliphatic rings. The molecule has 2 aliphatic carbocycles. The second-order valence-corrected chi connectivity index (χ2v) is 6.26. The highest BCUT2D eigenvalue weighted by atomic mass is 16.5. The minimum atomic E-state index is 0.153. The van der Waals surface area contributed by atoms with Crippen LogP contribution in [0.25, 0.3) is 0 Å². The van der Waals surface area contributed by atoms with Gasteiger partial charge in [-0.15, -0.1) is 0 Å². The highest BCUT2D eigenvalue weighted by Crippen LogP contribution is 2.46. The lowest BCUT2D eigenvalue weighted by atomic mass is 10.1. The predicted octanol–water partition coefficient (Wildman–Crippen LogP) is 3.66. The number of nitrogen functional groups attached to an aromatic ring is 1. The van der Waals surface area contributed by atoms with Crippen LogP contribution in [0.1, 0.15) is 39.5 Å². The summed E-state index contributed by atoms with van der Waals surface area (Å²) in [6, 6.07) is 6.72. The summed E-state index contributed by atoms with van der Waals surface area (Å²) >= 11 is 0. The molecule has 0 atom stereocenters. The molecule has 0 unspecified atom stereocenters. The van der Waals surface area contributed by atoms with Crippen LogP contribution in [0.3, 0.4) is 0 Å². The predicted molar refractivity (Wildman–Crippen MR) is 79.5 cm³/mol. The fourth-order valence-corrected chi connectivity index (χ4v) is 2.70. The van der Waals surface area contributed by atoms with Crippen LogP contribution < -0.4 is 15.8 Å². The van der Waals surface area contributed by atoms with Crippen molar-refractivity contribution in [3.8, 4) is 5.75 Å². The van der Waals surface area contributed by atoms with E-state index in [4.69, 9.17) is 10.5 Å². The van der Waals surface area contributed by atoms with E-state index < -0.39 is 0 Å². The molecule has 0 radical (unpaired) electrons. The van der Waals surface area contributed by atoms with E-state index in [1.54, 1.807) is 0 Å². The molecule has 0 saturated heterocycles. The third-order valence-corrected chi connectivity index (χ3v) is 3.97. The first-order valence-electron chi connectivity index (χ1n) is 7.46. The van der Waals surface area contributed by atoms with Crippen LogP contribution in [0, 0.1) is 11.8 Å². The van der Waals surface area contributed by atoms with Gasteiger partial charge in [0.2, 0.25) is 0 Å². The van der Waals surface area contributed by atoms with Crippen molar-refractivity contribution in [1.82, 2.24) is 0 Å². The summed E-state index contributed by atoms with van der Waals surface area (Å²) in [4.78, 5) is 0. The summed E-state index contributed by atoms with van der Waals surface area (Å²) < 4.78 is 5.75. The highest BCUT2D eigenvalue weighted by molar-refractivity contribution is 5.61. The largest absolute Gasteiger partial charge is 0.489 e. The Kier molecular flexibility index (Phi) is 3.29. The van der Waals surface area contributed by atoms with Gasteiger partial charge in [0.1, 0.15) is 5.75 Å². The summed E-state index contributed by atoms with van der Waals surface area (Å²) in [6.07, 6.45) is 5.70. The summed E-state index contributed by atoms with van der Waals surface area (Å²) in [6.45, 7) is 4.05. The number of nitrogens with two attached hydrogens (primary N) is 1. The number of ether oxygens (including phenoxy) is 1. The molecule has 0 spiro atoms. The van der Waals surface area contributed by atoms with Gasteiger partial charge in [0, 0.05) is 17.8 Å². The summed E-state index contributed by atoms with van der Waals surface area (Å²) in [5, 5.41) is 3.71. The Morgan fingerprint density at radius 2 is 1.79 bits per heavy atom. The third kappa shape index (κ3) is 3.14. The Morgan fingerprint density at radius 1 is 1.16 bits per heavy atom. The Morgan fingerprint density at radius 3 is 2.32 bits per heavy atom. The minimum absolute atomic E-state index is 0.153. The van der Waals surface area contributed by atoms with Gasteiger partial charge in [0.15, 0.2) is 0 Å². The standard InChI is InChI=1S/C16H24N2O/c1-10(2)19-15-9-13(7-8-14(15)17)18-16(11-3-4-11)12-5-6-12/h7-12,16,18H,3-6,17H2,1-2H3. The average molecular weight is 260 g/mol. The molecule has 3 rings (SSSR count). The number of rotatable bonds is 6. The molecule has 3 heteroatoms. The van der Waals surface area contributed by atoms with Crippen LogP contribution in [-0.4, -0.2) is 12.1 Å². The van der Waals surface area contributed by atoms with Gasteiger partial charge in [-0.25, -0.2) is 0 Å². The number of hydrogen-bond acceptors (Lipinski definition) is 3. The van der Waals surface area contributed by atoms with E-state index >= 15 is 0 Å². The second kappa shape index (κ2) is 4.95. The molecule has 3 nitrogen and oxygen atoms in total. The quantitative estimate of drug-likeness (QED) is 0.767. The maximum Gasteiger partial charge on any atom is 0.144 e. The Bertz CT molecular complexity index is 438. The van der Waals surface area contributed by atoms with Crippen LogP contribution in [0.2, 0.25) is 0 Å². The van der Waals surface area contributed by atoms with Crippen LogP contribution in [0.15, 0.2) is 18.2 Å². The molecule has 3 N–H and O–H groups in total. The van der Waals surface area contributed by atoms with Crippen molar-refractivity contribution in [3.63, 3.8) is 0 Å². The first-order chi connectivity index (χ1) is 9.13.